The predicted octanol–water partition coefficient (Wildman–Crippen LogP) is 1.70. The summed E-state index contributed by atoms with van der Waals surface area (Å²) in [5.41, 5.74) is 2.21. The van der Waals surface area contributed by atoms with E-state index >= 15 is 0 Å². The Hall–Kier alpha value is -3.83. The van der Waals surface area contributed by atoms with Gasteiger partial charge in [-0.05, 0) is 35.0 Å². The average Bonchev–Trinajstić information content (AvgIpc) is 2.80. The van der Waals surface area contributed by atoms with Gasteiger partial charge in [0.25, 0.3) is 10.1 Å². The van der Waals surface area contributed by atoms with Crippen molar-refractivity contribution in [1.29, 1.82) is 0 Å². The first-order chi connectivity index (χ1) is 16.5. The van der Waals surface area contributed by atoms with Crippen LogP contribution in [0.4, 0.5) is 0 Å². The minimum Gasteiger partial charge on any atom is -0.549 e. The van der Waals surface area contributed by atoms with Crippen molar-refractivity contribution in [3.8, 4) is 23.0 Å². The maximum Gasteiger partial charge on any atom is 0.270 e. The van der Waals surface area contributed by atoms with Gasteiger partial charge in [-0.25, -0.2) is 0 Å². The lowest BCUT2D eigenvalue weighted by Crippen LogP contribution is -2.30. The van der Waals surface area contributed by atoms with Crippen molar-refractivity contribution >= 4 is 43.1 Å². The Labute approximate surface area is 202 Å². The van der Waals surface area contributed by atoms with E-state index in [1.165, 1.54) is 0 Å². The number of carboxylic acids is 1. The normalized spacial score (nSPS) is 11.1. The molecule has 1 N–H and O–H groups in total. The highest BCUT2D eigenvalue weighted by molar-refractivity contribution is 7.86. The number of carboxylic acid groups (broad SMARTS) is 1. The van der Waals surface area contributed by atoms with E-state index in [9.17, 15) is 18.3 Å². The molecule has 0 spiro atoms. The second kappa shape index (κ2) is 10.2. The Balaban J connectivity index is 0.000000371. The van der Waals surface area contributed by atoms with Crippen LogP contribution in [0.25, 0.3) is 27.1 Å². The Morgan fingerprint density at radius 3 is 1.74 bits per heavy atom. The summed E-state index contributed by atoms with van der Waals surface area (Å²) in [5.74, 6) is -0.269. The van der Waals surface area contributed by atoms with Crippen molar-refractivity contribution in [1.82, 2.24) is 0 Å². The Morgan fingerprint density at radius 1 is 0.829 bits per heavy atom. The predicted molar refractivity (Wildman–Crippen MR) is 127 cm³/mol. The highest BCUT2D eigenvalue weighted by atomic mass is 32.2. The van der Waals surface area contributed by atoms with Gasteiger partial charge in [0.05, 0.1) is 45.2 Å². The molecule has 0 saturated heterocycles. The fourth-order valence-corrected chi connectivity index (χ4v) is 4.05. The van der Waals surface area contributed by atoms with E-state index in [0.717, 1.165) is 55.8 Å². The zero-order valence-electron chi connectivity index (χ0n) is 19.8. The van der Waals surface area contributed by atoms with E-state index in [4.69, 9.17) is 23.5 Å². The van der Waals surface area contributed by atoms with E-state index in [1.54, 1.807) is 28.4 Å². The van der Waals surface area contributed by atoms with Crippen LogP contribution in [-0.4, -0.2) is 53.1 Å². The summed E-state index contributed by atoms with van der Waals surface area (Å²) in [7, 11) is 2.22. The molecule has 0 amide bonds. The molecule has 2 aromatic heterocycles. The molecule has 0 fully saturated rings. The third kappa shape index (κ3) is 5.64. The fourth-order valence-electron chi connectivity index (χ4n) is 3.76. The Bertz CT molecular complexity index is 1530. The first kappa shape index (κ1) is 25.8. The number of aryl methyl sites for hydroxylation is 1. The lowest BCUT2D eigenvalue weighted by Gasteiger charge is -2.11. The zero-order chi connectivity index (χ0) is 25.9. The molecular formula is C24H25NO9S. The third-order valence-corrected chi connectivity index (χ3v) is 5.95. The highest BCUT2D eigenvalue weighted by Crippen LogP contribution is 2.35. The van der Waals surface area contributed by atoms with Gasteiger partial charge in [0, 0.05) is 19.1 Å². The van der Waals surface area contributed by atoms with Crippen LogP contribution in [0.2, 0.25) is 0 Å². The van der Waals surface area contributed by atoms with Crippen LogP contribution in [0.5, 0.6) is 23.0 Å². The number of ether oxygens (including phenoxy) is 4. The summed E-state index contributed by atoms with van der Waals surface area (Å²) in [6.07, 6.45) is 2.12. The minimum atomic E-state index is -4.39. The molecule has 186 valence electrons. The smallest absolute Gasteiger partial charge is 0.270 e. The maximum atomic E-state index is 9.58. The number of benzene rings is 2. The number of carbonyl (C=O) groups excluding carboxylic acids is 1. The molecule has 4 aromatic rings. The SMILES string of the molecule is COc1cc2cc3cc4cc(OC)c(OC)cc4c(C)[n+]3cc2cc1OC.O=C([O-])CS(=O)(=O)O. The van der Waals surface area contributed by atoms with Crippen molar-refractivity contribution in [3.05, 3.63) is 48.3 Å². The monoisotopic (exact) mass is 503 g/mol. The second-order valence-electron chi connectivity index (χ2n) is 7.53. The van der Waals surface area contributed by atoms with Gasteiger partial charge in [0.1, 0.15) is 5.75 Å². The summed E-state index contributed by atoms with van der Waals surface area (Å²) in [5, 5.41) is 13.7. The molecule has 0 aliphatic heterocycles. The maximum absolute atomic E-state index is 9.58. The second-order valence-corrected chi connectivity index (χ2v) is 8.98. The van der Waals surface area contributed by atoms with Gasteiger partial charge in [-0.1, -0.05) is 0 Å². The minimum absolute atomic E-state index is 0.717. The molecule has 10 nitrogen and oxygen atoms in total. The summed E-state index contributed by atoms with van der Waals surface area (Å²) >= 11 is 0. The van der Waals surface area contributed by atoms with E-state index < -0.39 is 21.8 Å². The van der Waals surface area contributed by atoms with Gasteiger partial charge in [0.2, 0.25) is 5.52 Å². The van der Waals surface area contributed by atoms with Crippen LogP contribution in [0, 0.1) is 6.92 Å². The number of nitrogens with zero attached hydrogens (tertiary/aromatic N) is 1. The number of fused-ring (bicyclic) bond motifs is 3. The molecular weight excluding hydrogens is 478 g/mol. The van der Waals surface area contributed by atoms with Crippen LogP contribution in [0.1, 0.15) is 5.69 Å². The number of rotatable bonds is 6. The van der Waals surface area contributed by atoms with Crippen molar-refractivity contribution in [2.75, 3.05) is 34.2 Å². The van der Waals surface area contributed by atoms with E-state index in [0.29, 0.717) is 0 Å². The Morgan fingerprint density at radius 2 is 1.29 bits per heavy atom. The largest absolute Gasteiger partial charge is 0.549 e. The van der Waals surface area contributed by atoms with Crippen LogP contribution < -0.4 is 28.5 Å². The molecule has 0 saturated carbocycles. The topological polar surface area (TPSA) is 136 Å². The molecule has 0 aliphatic carbocycles. The molecule has 0 aliphatic rings. The number of hydrogen-bond donors (Lipinski definition) is 1. The molecule has 0 bridgehead atoms. The summed E-state index contributed by atoms with van der Waals surface area (Å²) in [6, 6.07) is 12.3. The fraction of sp³-hybridized carbons (Fsp3) is 0.250. The zero-order valence-corrected chi connectivity index (χ0v) is 20.6. The third-order valence-electron chi connectivity index (χ3n) is 5.35. The highest BCUT2D eigenvalue weighted by Gasteiger charge is 2.18. The van der Waals surface area contributed by atoms with Crippen LogP contribution in [-0.2, 0) is 14.9 Å². The number of aliphatic carboxylic acids is 1. The standard InChI is InChI=1S/C22H22NO4.C2H4O5S/c1-13-18-11-22(27-5)20(25-3)9-15(18)7-17-6-14-8-19(24-2)21(26-4)10-16(14)12-23(13)17;3-2(4)1-8(5,6)7/h6-12H,1-5H3;1H2,(H,3,4)(H,5,6,7)/q+1;/p-1. The molecule has 35 heavy (non-hydrogen) atoms. The first-order valence-electron chi connectivity index (χ1n) is 10.2. The van der Waals surface area contributed by atoms with E-state index in [1.807, 2.05) is 24.3 Å². The van der Waals surface area contributed by atoms with Crippen LogP contribution in [0.3, 0.4) is 0 Å². The quantitative estimate of drug-likeness (QED) is 0.237. The molecule has 4 rings (SSSR count). The lowest BCUT2D eigenvalue weighted by molar-refractivity contribution is -0.516. The molecule has 0 radical (unpaired) electrons. The van der Waals surface area contributed by atoms with Gasteiger partial charge in [-0.15, -0.1) is 0 Å². The van der Waals surface area contributed by atoms with E-state index in [-0.39, 0.29) is 0 Å². The molecule has 2 heterocycles. The van der Waals surface area contributed by atoms with Gasteiger partial charge in [-0.2, -0.15) is 12.8 Å². The molecule has 2 aromatic carbocycles. The van der Waals surface area contributed by atoms with Gasteiger partial charge in [0.15, 0.2) is 34.9 Å². The number of pyridine rings is 2. The van der Waals surface area contributed by atoms with Crippen molar-refractivity contribution in [3.63, 3.8) is 0 Å². The summed E-state index contributed by atoms with van der Waals surface area (Å²) in [6.45, 7) is 2.10. The van der Waals surface area contributed by atoms with Crippen molar-refractivity contribution < 1.29 is 46.2 Å². The van der Waals surface area contributed by atoms with Gasteiger partial charge < -0.3 is 28.8 Å². The average molecular weight is 504 g/mol. The molecule has 0 atom stereocenters. The van der Waals surface area contributed by atoms with Crippen LogP contribution in [0.15, 0.2) is 42.6 Å². The van der Waals surface area contributed by atoms with Gasteiger partial charge >= 0.3 is 0 Å². The summed E-state index contributed by atoms with van der Waals surface area (Å²) < 4.78 is 50.9. The number of hydrogen-bond acceptors (Lipinski definition) is 8. The number of aromatic nitrogens is 1. The molecule has 0 unspecified atom stereocenters. The van der Waals surface area contributed by atoms with Crippen LogP contribution >= 0.6 is 0 Å². The number of methoxy groups -OCH3 is 4. The van der Waals surface area contributed by atoms with E-state index in [2.05, 4.69) is 29.7 Å². The van der Waals surface area contributed by atoms with Crippen molar-refractivity contribution in [2.24, 2.45) is 0 Å². The summed E-state index contributed by atoms with van der Waals surface area (Å²) in [4.78, 5) is 9.36. The van der Waals surface area contributed by atoms with Crippen molar-refractivity contribution in [2.45, 2.75) is 6.92 Å². The molecule has 11 heteroatoms. The number of carbonyl (C=O) groups is 1. The van der Waals surface area contributed by atoms with Gasteiger partial charge in [-0.3, -0.25) is 4.55 Å². The lowest BCUT2D eigenvalue weighted by atomic mass is 10.1. The Kier molecular flexibility index (Phi) is 7.51. The first-order valence-corrected chi connectivity index (χ1v) is 11.8.